The molecule has 5 nitrogen and oxygen atoms in total. The molecule has 0 saturated carbocycles. The van der Waals surface area contributed by atoms with Crippen LogP contribution in [0.5, 0.6) is 0 Å². The maximum atomic E-state index is 5.06. The molecule has 1 unspecified atom stereocenters. The summed E-state index contributed by atoms with van der Waals surface area (Å²) < 4.78 is 0. The number of rotatable bonds is 4. The average Bonchev–Trinajstić information content (AvgIpc) is 3.66. The molecule has 0 aliphatic carbocycles. The topological polar surface area (TPSA) is 60.6 Å². The molecule has 0 aromatic carbocycles. The molecule has 2 N–H and O–H groups in total. The van der Waals surface area contributed by atoms with Crippen molar-refractivity contribution in [3.05, 3.63) is 89.0 Å². The van der Waals surface area contributed by atoms with Crippen molar-refractivity contribution in [1.82, 2.24) is 24.8 Å². The van der Waals surface area contributed by atoms with Crippen LogP contribution in [-0.4, -0.2) is 37.4 Å². The molecule has 35 heavy (non-hydrogen) atoms. The molecule has 174 valence electrons. The van der Waals surface area contributed by atoms with E-state index in [1.807, 2.05) is 6.08 Å². The van der Waals surface area contributed by atoms with E-state index < -0.39 is 0 Å². The lowest BCUT2D eigenvalue weighted by Gasteiger charge is -2.34. The quantitative estimate of drug-likeness (QED) is 0.302. The number of fused-ring (bicyclic) bond motifs is 8. The summed E-state index contributed by atoms with van der Waals surface area (Å²) in [6.07, 6.45) is 17.2. The number of nitrogens with zero attached hydrogens (tertiary/aromatic N) is 3. The zero-order chi connectivity index (χ0) is 23.8. The first-order chi connectivity index (χ1) is 17.2. The van der Waals surface area contributed by atoms with E-state index >= 15 is 0 Å². The smallest absolute Gasteiger partial charge is 0.0751 e. The summed E-state index contributed by atoms with van der Waals surface area (Å²) in [6, 6.07) is 15.1. The third-order valence-electron chi connectivity index (χ3n) is 6.72. The van der Waals surface area contributed by atoms with Gasteiger partial charge in [0.2, 0.25) is 0 Å². The molecule has 5 heteroatoms. The van der Waals surface area contributed by atoms with Crippen molar-refractivity contribution in [2.45, 2.75) is 32.7 Å². The van der Waals surface area contributed by atoms with E-state index in [4.69, 9.17) is 9.97 Å². The largest absolute Gasteiger partial charge is 0.364 e. The predicted octanol–water partition coefficient (Wildman–Crippen LogP) is 7.06. The van der Waals surface area contributed by atoms with Crippen LogP contribution in [0.4, 0.5) is 0 Å². The Kier molecular flexibility index (Phi) is 5.45. The number of H-pyrrole nitrogens is 2. The molecule has 3 aliphatic rings. The van der Waals surface area contributed by atoms with Gasteiger partial charge in [-0.25, -0.2) is 9.97 Å². The lowest BCUT2D eigenvalue weighted by Crippen LogP contribution is -2.33. The molecule has 3 aromatic rings. The van der Waals surface area contributed by atoms with Gasteiger partial charge in [0.25, 0.3) is 0 Å². The predicted molar refractivity (Wildman–Crippen MR) is 147 cm³/mol. The van der Waals surface area contributed by atoms with Gasteiger partial charge in [-0.05, 0) is 86.2 Å². The van der Waals surface area contributed by atoms with Crippen LogP contribution in [0.3, 0.4) is 0 Å². The Hall–Kier alpha value is -4.12. The van der Waals surface area contributed by atoms with Gasteiger partial charge in [0, 0.05) is 40.4 Å². The molecule has 8 bridgehead atoms. The lowest BCUT2D eigenvalue weighted by molar-refractivity contribution is 0.319. The average molecular weight is 460 g/mol. The van der Waals surface area contributed by atoms with Crippen LogP contribution in [0.1, 0.15) is 55.0 Å². The second-order valence-electron chi connectivity index (χ2n) is 9.32. The highest BCUT2D eigenvalue weighted by molar-refractivity contribution is 5.88. The zero-order valence-corrected chi connectivity index (χ0v) is 20.1. The van der Waals surface area contributed by atoms with Crippen molar-refractivity contribution in [2.75, 3.05) is 6.54 Å². The Morgan fingerprint density at radius 1 is 0.857 bits per heavy atom. The minimum atomic E-state index is 0.437. The Morgan fingerprint density at radius 2 is 1.51 bits per heavy atom. The Morgan fingerprint density at radius 3 is 2.26 bits per heavy atom. The van der Waals surface area contributed by atoms with E-state index in [-0.39, 0.29) is 0 Å². The Balaban J connectivity index is 1.64. The minimum Gasteiger partial charge on any atom is -0.364 e. The van der Waals surface area contributed by atoms with Crippen molar-refractivity contribution >= 4 is 52.1 Å². The fraction of sp³-hybridized carbons (Fsp3) is 0.200. The molecular weight excluding hydrogens is 430 g/mol. The van der Waals surface area contributed by atoms with Crippen LogP contribution in [0.2, 0.25) is 0 Å². The summed E-state index contributed by atoms with van der Waals surface area (Å²) in [7, 11) is 0. The fourth-order valence-electron chi connectivity index (χ4n) is 5.02. The van der Waals surface area contributed by atoms with Crippen molar-refractivity contribution in [2.24, 2.45) is 0 Å². The van der Waals surface area contributed by atoms with Gasteiger partial charge < -0.3 is 14.9 Å². The maximum Gasteiger partial charge on any atom is 0.0751 e. The molecule has 0 fully saturated rings. The molecule has 3 aromatic heterocycles. The molecule has 0 radical (unpaired) electrons. The van der Waals surface area contributed by atoms with Crippen LogP contribution in [-0.2, 0) is 0 Å². The highest BCUT2D eigenvalue weighted by atomic mass is 15.2. The monoisotopic (exact) mass is 459 g/mol. The first-order valence-electron chi connectivity index (χ1n) is 12.4. The lowest BCUT2D eigenvalue weighted by atomic mass is 10.0. The molecule has 0 saturated heterocycles. The number of hydrogen-bond donors (Lipinski definition) is 2. The second-order valence-corrected chi connectivity index (χ2v) is 9.32. The van der Waals surface area contributed by atoms with Gasteiger partial charge in [0.1, 0.15) is 0 Å². The minimum absolute atomic E-state index is 0.437. The van der Waals surface area contributed by atoms with Gasteiger partial charge in [0.05, 0.1) is 28.3 Å². The van der Waals surface area contributed by atoms with E-state index in [0.717, 1.165) is 69.8 Å². The maximum absolute atomic E-state index is 5.06. The number of nitrogens with one attached hydrogen (secondary N) is 2. The number of aromatic nitrogens is 4. The first kappa shape index (κ1) is 21.4. The highest BCUT2D eigenvalue weighted by Gasteiger charge is 2.22. The van der Waals surface area contributed by atoms with Gasteiger partial charge in [-0.2, -0.15) is 0 Å². The summed E-state index contributed by atoms with van der Waals surface area (Å²) in [4.78, 5) is 19.4. The second kappa shape index (κ2) is 8.91. The molecule has 1 atom stereocenters. The van der Waals surface area contributed by atoms with Gasteiger partial charge in [-0.15, -0.1) is 0 Å². The Labute approximate surface area is 205 Å². The third kappa shape index (κ3) is 4.26. The summed E-state index contributed by atoms with van der Waals surface area (Å²) in [5.74, 6) is 0. The van der Waals surface area contributed by atoms with Crippen LogP contribution < -0.4 is 0 Å². The van der Waals surface area contributed by atoms with Crippen molar-refractivity contribution in [3.8, 4) is 0 Å². The highest BCUT2D eigenvalue weighted by Crippen LogP contribution is 2.32. The number of aromatic amines is 2. The fourth-order valence-corrected chi connectivity index (χ4v) is 5.02. The molecule has 3 aliphatic heterocycles. The van der Waals surface area contributed by atoms with Gasteiger partial charge in [-0.3, -0.25) is 0 Å². The van der Waals surface area contributed by atoms with Crippen LogP contribution in [0.15, 0.2) is 60.7 Å². The van der Waals surface area contributed by atoms with Crippen LogP contribution in [0.25, 0.3) is 52.1 Å². The molecule has 0 spiro atoms. The van der Waals surface area contributed by atoms with Crippen molar-refractivity contribution < 1.29 is 0 Å². The SMILES string of the molecule is CCCC(C)N1CC=CC=C1c1c2nc(cc3ccc(cc4nc(cc5ccc1[nH]5)C=C4)[nH]3)C=C2. The molecule has 6 heterocycles. The van der Waals surface area contributed by atoms with Crippen molar-refractivity contribution in [1.29, 1.82) is 0 Å². The van der Waals surface area contributed by atoms with Gasteiger partial charge in [-0.1, -0.05) is 25.5 Å². The van der Waals surface area contributed by atoms with E-state index in [9.17, 15) is 0 Å². The summed E-state index contributed by atoms with van der Waals surface area (Å²) in [5.41, 5.74) is 10.2. The van der Waals surface area contributed by atoms with E-state index in [0.29, 0.717) is 6.04 Å². The van der Waals surface area contributed by atoms with Crippen LogP contribution >= 0.6 is 0 Å². The first-order valence-corrected chi connectivity index (χ1v) is 12.4. The Bertz CT molecular complexity index is 1560. The summed E-state index contributed by atoms with van der Waals surface area (Å²) in [6.45, 7) is 5.47. The molecule has 6 rings (SSSR count). The molecular formula is C30H29N5. The standard InChI is InChI=1S/C30H29N5/c1-3-6-20(2)35-16-5-4-7-29(35)30-27-14-12-25(33-27)18-23-10-8-21(31-23)17-22-9-11-24(32-22)19-26-13-15-28(30)34-26/h4-5,7-15,17-20,31,34H,3,6,16H2,1-2H3. The zero-order valence-electron chi connectivity index (χ0n) is 20.1. The number of hydrogen-bond acceptors (Lipinski definition) is 3. The van der Waals surface area contributed by atoms with E-state index in [2.05, 4.69) is 108 Å². The van der Waals surface area contributed by atoms with E-state index in [1.54, 1.807) is 0 Å². The summed E-state index contributed by atoms with van der Waals surface area (Å²) in [5, 5.41) is 0. The third-order valence-corrected chi connectivity index (χ3v) is 6.72. The van der Waals surface area contributed by atoms with Crippen LogP contribution in [0, 0.1) is 0 Å². The van der Waals surface area contributed by atoms with Gasteiger partial charge >= 0.3 is 0 Å². The number of allylic oxidation sites excluding steroid dienone is 2. The normalized spacial score (nSPS) is 15.5. The van der Waals surface area contributed by atoms with Gasteiger partial charge in [0.15, 0.2) is 0 Å². The van der Waals surface area contributed by atoms with Crippen molar-refractivity contribution in [3.63, 3.8) is 0 Å². The molecule has 0 amide bonds. The van der Waals surface area contributed by atoms with E-state index in [1.165, 1.54) is 5.70 Å². The summed E-state index contributed by atoms with van der Waals surface area (Å²) >= 11 is 0.